The fourth-order valence-corrected chi connectivity index (χ4v) is 4.53. The number of rotatable bonds is 6. The first-order valence-corrected chi connectivity index (χ1v) is 11.8. The SMILES string of the molecule is COc1ccc(C=C2CCCc3c2nc2ccccc2c3C(=O)OCC(=O)c2ccc(F)cc2)cc1. The average Bonchev–Trinajstić information content (AvgIpc) is 2.91. The zero-order chi connectivity index (χ0) is 25.1. The third-order valence-electron chi connectivity index (χ3n) is 6.33. The molecule has 0 N–H and O–H groups in total. The molecule has 0 unspecified atom stereocenters. The van der Waals surface area contributed by atoms with Gasteiger partial charge in [-0.15, -0.1) is 0 Å². The second-order valence-corrected chi connectivity index (χ2v) is 8.63. The Morgan fingerprint density at radius 1 is 0.972 bits per heavy atom. The van der Waals surface area contributed by atoms with Crippen molar-refractivity contribution in [3.8, 4) is 5.75 Å². The van der Waals surface area contributed by atoms with Crippen molar-refractivity contribution in [3.05, 3.63) is 107 Å². The second kappa shape index (κ2) is 10.1. The molecule has 0 bridgehead atoms. The summed E-state index contributed by atoms with van der Waals surface area (Å²) in [5.74, 6) is -0.607. The van der Waals surface area contributed by atoms with E-state index in [1.54, 1.807) is 7.11 Å². The number of halogens is 1. The molecule has 1 aromatic heterocycles. The van der Waals surface area contributed by atoms with Crippen LogP contribution in [0.2, 0.25) is 0 Å². The van der Waals surface area contributed by atoms with Crippen molar-refractivity contribution < 1.29 is 23.5 Å². The summed E-state index contributed by atoms with van der Waals surface area (Å²) in [6.07, 6.45) is 4.47. The monoisotopic (exact) mass is 481 g/mol. The van der Waals surface area contributed by atoms with Gasteiger partial charge in [0.1, 0.15) is 11.6 Å². The van der Waals surface area contributed by atoms with Gasteiger partial charge >= 0.3 is 5.97 Å². The maximum atomic E-state index is 13.4. The van der Waals surface area contributed by atoms with E-state index < -0.39 is 24.2 Å². The van der Waals surface area contributed by atoms with E-state index in [9.17, 15) is 14.0 Å². The van der Waals surface area contributed by atoms with Crippen LogP contribution >= 0.6 is 0 Å². The Labute approximate surface area is 208 Å². The Morgan fingerprint density at radius 3 is 2.47 bits per heavy atom. The highest BCUT2D eigenvalue weighted by Crippen LogP contribution is 2.36. The molecule has 0 aliphatic heterocycles. The van der Waals surface area contributed by atoms with Gasteiger partial charge in [-0.1, -0.05) is 30.3 Å². The topological polar surface area (TPSA) is 65.5 Å². The quantitative estimate of drug-likeness (QED) is 0.239. The van der Waals surface area contributed by atoms with Crippen molar-refractivity contribution in [2.45, 2.75) is 19.3 Å². The summed E-state index contributed by atoms with van der Waals surface area (Å²) < 4.78 is 23.9. The van der Waals surface area contributed by atoms with Crippen LogP contribution in [0.5, 0.6) is 5.75 Å². The van der Waals surface area contributed by atoms with Crippen LogP contribution in [0.15, 0.2) is 72.8 Å². The summed E-state index contributed by atoms with van der Waals surface area (Å²) in [7, 11) is 1.63. The minimum absolute atomic E-state index is 0.288. The van der Waals surface area contributed by atoms with Crippen LogP contribution in [-0.2, 0) is 11.2 Å². The van der Waals surface area contributed by atoms with E-state index in [2.05, 4.69) is 6.08 Å². The number of benzene rings is 3. The van der Waals surface area contributed by atoms with E-state index in [0.29, 0.717) is 22.9 Å². The molecule has 36 heavy (non-hydrogen) atoms. The van der Waals surface area contributed by atoms with Gasteiger partial charge in [-0.05, 0) is 84.5 Å². The summed E-state index contributed by atoms with van der Waals surface area (Å²) in [5.41, 5.74) is 5.10. The van der Waals surface area contributed by atoms with Gasteiger partial charge in [0.2, 0.25) is 0 Å². The highest BCUT2D eigenvalue weighted by Gasteiger charge is 2.26. The number of nitrogens with zero attached hydrogens (tertiary/aromatic N) is 1. The highest BCUT2D eigenvalue weighted by atomic mass is 19.1. The molecule has 5 rings (SSSR count). The van der Waals surface area contributed by atoms with E-state index in [1.165, 1.54) is 24.3 Å². The molecule has 3 aromatic carbocycles. The lowest BCUT2D eigenvalue weighted by atomic mass is 9.86. The lowest BCUT2D eigenvalue weighted by Crippen LogP contribution is -2.18. The summed E-state index contributed by atoms with van der Waals surface area (Å²) in [4.78, 5) is 30.8. The fourth-order valence-electron chi connectivity index (χ4n) is 4.53. The van der Waals surface area contributed by atoms with Crippen LogP contribution in [0, 0.1) is 5.82 Å². The number of methoxy groups -OCH3 is 1. The molecule has 0 spiro atoms. The number of fused-ring (bicyclic) bond motifs is 2. The minimum atomic E-state index is -0.564. The Hall–Kier alpha value is -4.32. The first-order chi connectivity index (χ1) is 17.5. The molecule has 4 aromatic rings. The molecular formula is C30H24FNO4. The minimum Gasteiger partial charge on any atom is -0.497 e. The molecule has 0 amide bonds. The molecule has 1 aliphatic rings. The average molecular weight is 482 g/mol. The van der Waals surface area contributed by atoms with Crippen LogP contribution < -0.4 is 4.74 Å². The maximum Gasteiger partial charge on any atom is 0.339 e. The van der Waals surface area contributed by atoms with Gasteiger partial charge in [0.05, 0.1) is 23.9 Å². The number of ether oxygens (including phenoxy) is 2. The number of carbonyl (C=O) groups is 2. The Bertz CT molecular complexity index is 1470. The van der Waals surface area contributed by atoms with E-state index in [-0.39, 0.29) is 5.56 Å². The Kier molecular flexibility index (Phi) is 6.58. The number of para-hydroxylation sites is 1. The number of esters is 1. The molecule has 6 heteroatoms. The van der Waals surface area contributed by atoms with Crippen molar-refractivity contribution in [1.82, 2.24) is 4.98 Å². The zero-order valence-electron chi connectivity index (χ0n) is 19.8. The van der Waals surface area contributed by atoms with Gasteiger partial charge in [-0.3, -0.25) is 4.79 Å². The predicted octanol–water partition coefficient (Wildman–Crippen LogP) is 6.30. The van der Waals surface area contributed by atoms with Gasteiger partial charge in [0, 0.05) is 10.9 Å². The summed E-state index contributed by atoms with van der Waals surface area (Å²) in [6.45, 7) is -0.426. The molecule has 0 atom stereocenters. The molecule has 180 valence electrons. The largest absolute Gasteiger partial charge is 0.497 e. The third-order valence-corrected chi connectivity index (χ3v) is 6.33. The number of ketones is 1. The molecule has 1 aliphatic carbocycles. The fraction of sp³-hybridized carbons (Fsp3) is 0.167. The number of hydrogen-bond acceptors (Lipinski definition) is 5. The Balaban J connectivity index is 1.50. The van der Waals surface area contributed by atoms with Gasteiger partial charge in [-0.25, -0.2) is 14.2 Å². The summed E-state index contributed by atoms with van der Waals surface area (Å²) >= 11 is 0. The molecular weight excluding hydrogens is 457 g/mol. The van der Waals surface area contributed by atoms with Crippen LogP contribution in [0.25, 0.3) is 22.6 Å². The van der Waals surface area contributed by atoms with Crippen molar-refractivity contribution in [3.63, 3.8) is 0 Å². The van der Waals surface area contributed by atoms with Crippen LogP contribution in [0.4, 0.5) is 4.39 Å². The number of allylic oxidation sites excluding steroid dienone is 1. The lowest BCUT2D eigenvalue weighted by molar-refractivity contribution is 0.0475. The lowest BCUT2D eigenvalue weighted by Gasteiger charge is -2.22. The summed E-state index contributed by atoms with van der Waals surface area (Å²) in [6, 6.07) is 20.4. The van der Waals surface area contributed by atoms with E-state index >= 15 is 0 Å². The first kappa shape index (κ1) is 23.4. The van der Waals surface area contributed by atoms with E-state index in [4.69, 9.17) is 14.5 Å². The van der Waals surface area contributed by atoms with Gasteiger partial charge in [0.15, 0.2) is 12.4 Å². The zero-order valence-corrected chi connectivity index (χ0v) is 19.8. The normalized spacial score (nSPS) is 13.9. The van der Waals surface area contributed by atoms with Crippen molar-refractivity contribution >= 4 is 34.3 Å². The third kappa shape index (κ3) is 4.75. The van der Waals surface area contributed by atoms with E-state index in [1.807, 2.05) is 48.5 Å². The maximum absolute atomic E-state index is 13.4. The smallest absolute Gasteiger partial charge is 0.339 e. The number of Topliss-reactive ketones (excluding diaryl/α,β-unsaturated/α-hetero) is 1. The number of pyridine rings is 1. The van der Waals surface area contributed by atoms with Gasteiger partial charge in [0.25, 0.3) is 0 Å². The first-order valence-electron chi connectivity index (χ1n) is 11.8. The molecule has 0 radical (unpaired) electrons. The van der Waals surface area contributed by atoms with Crippen molar-refractivity contribution in [2.75, 3.05) is 13.7 Å². The second-order valence-electron chi connectivity index (χ2n) is 8.63. The summed E-state index contributed by atoms with van der Waals surface area (Å²) in [5, 5.41) is 0.696. The molecule has 0 saturated heterocycles. The van der Waals surface area contributed by atoms with E-state index in [0.717, 1.165) is 41.0 Å². The van der Waals surface area contributed by atoms with Crippen molar-refractivity contribution in [2.24, 2.45) is 0 Å². The molecule has 0 saturated carbocycles. The van der Waals surface area contributed by atoms with Gasteiger partial charge < -0.3 is 9.47 Å². The molecule has 1 heterocycles. The number of carbonyl (C=O) groups excluding carboxylic acids is 2. The number of aromatic nitrogens is 1. The standard InChI is InChI=1S/C30H24FNO4/c1-35-23-15-9-19(10-16-23)17-21-5-4-7-25-28(24-6-2-3-8-26(24)32-29(21)25)30(34)36-18-27(33)20-11-13-22(31)14-12-20/h2-3,6,8-17H,4-5,7,18H2,1H3. The predicted molar refractivity (Wildman–Crippen MR) is 137 cm³/mol. The number of hydrogen-bond donors (Lipinski definition) is 0. The highest BCUT2D eigenvalue weighted by molar-refractivity contribution is 6.08. The van der Waals surface area contributed by atoms with Crippen LogP contribution in [-0.4, -0.2) is 30.5 Å². The molecule has 0 fully saturated rings. The van der Waals surface area contributed by atoms with Crippen LogP contribution in [0.1, 0.15) is 50.4 Å². The van der Waals surface area contributed by atoms with Crippen molar-refractivity contribution in [1.29, 1.82) is 0 Å². The van der Waals surface area contributed by atoms with Crippen LogP contribution in [0.3, 0.4) is 0 Å². The Morgan fingerprint density at radius 2 is 1.72 bits per heavy atom. The molecule has 5 nitrogen and oxygen atoms in total. The van der Waals surface area contributed by atoms with Gasteiger partial charge in [-0.2, -0.15) is 0 Å².